The number of hydrogen-bond acceptors (Lipinski definition) is 3. The van der Waals surface area contributed by atoms with Gasteiger partial charge in [-0.05, 0) is 30.2 Å². The van der Waals surface area contributed by atoms with Crippen molar-refractivity contribution in [1.82, 2.24) is 5.32 Å². The monoisotopic (exact) mass is 255 g/mol. The third kappa shape index (κ3) is 2.64. The van der Waals surface area contributed by atoms with Crippen molar-refractivity contribution in [3.8, 4) is 0 Å². The summed E-state index contributed by atoms with van der Waals surface area (Å²) < 4.78 is 13.1. The standard InChI is InChI=1S/C13H18FNOS/c1-2-15-9-13(16,8-14)11-4-3-10-5-6-17-12(10)7-11/h3-4,7,15-16H,2,5-6,8-9H2,1H3. The molecule has 0 aliphatic carbocycles. The molecule has 1 unspecified atom stereocenters. The van der Waals surface area contributed by atoms with Gasteiger partial charge in [0, 0.05) is 17.2 Å². The average molecular weight is 255 g/mol. The molecule has 1 aromatic carbocycles. The number of fused-ring (bicyclic) bond motifs is 1. The van der Waals surface area contributed by atoms with Crippen molar-refractivity contribution >= 4 is 11.8 Å². The van der Waals surface area contributed by atoms with Gasteiger partial charge in [0.25, 0.3) is 0 Å². The van der Waals surface area contributed by atoms with Gasteiger partial charge >= 0.3 is 0 Å². The Bertz CT molecular complexity index is 399. The van der Waals surface area contributed by atoms with E-state index in [1.807, 2.05) is 25.1 Å². The van der Waals surface area contributed by atoms with E-state index in [1.165, 1.54) is 10.5 Å². The number of likely N-dealkylation sites (N-methyl/N-ethyl adjacent to an activating group) is 1. The fourth-order valence-corrected chi connectivity index (χ4v) is 3.12. The zero-order valence-corrected chi connectivity index (χ0v) is 10.8. The Morgan fingerprint density at radius 3 is 3.06 bits per heavy atom. The number of halogens is 1. The molecule has 0 bridgehead atoms. The van der Waals surface area contributed by atoms with Crippen molar-refractivity contribution in [2.24, 2.45) is 0 Å². The largest absolute Gasteiger partial charge is 0.381 e. The van der Waals surface area contributed by atoms with E-state index in [2.05, 4.69) is 5.32 Å². The van der Waals surface area contributed by atoms with Crippen LogP contribution in [0.5, 0.6) is 0 Å². The molecule has 0 spiro atoms. The number of hydrogen-bond donors (Lipinski definition) is 2. The molecule has 1 aliphatic rings. The highest BCUT2D eigenvalue weighted by Crippen LogP contribution is 2.34. The van der Waals surface area contributed by atoms with Gasteiger partial charge in [-0.2, -0.15) is 0 Å². The summed E-state index contributed by atoms with van der Waals surface area (Å²) in [5.41, 5.74) is 0.589. The molecule has 2 rings (SSSR count). The molecule has 0 radical (unpaired) electrons. The first-order chi connectivity index (χ1) is 8.19. The predicted molar refractivity (Wildman–Crippen MR) is 69.3 cm³/mol. The molecule has 17 heavy (non-hydrogen) atoms. The number of thioether (sulfide) groups is 1. The second-order valence-corrected chi connectivity index (χ2v) is 5.50. The Morgan fingerprint density at radius 2 is 2.35 bits per heavy atom. The number of nitrogens with one attached hydrogen (secondary N) is 1. The van der Waals surface area contributed by atoms with Gasteiger partial charge in [0.15, 0.2) is 0 Å². The second-order valence-electron chi connectivity index (χ2n) is 4.37. The van der Waals surface area contributed by atoms with Gasteiger partial charge in [-0.15, -0.1) is 11.8 Å². The Hall–Kier alpha value is -0.580. The van der Waals surface area contributed by atoms with Crippen LogP contribution >= 0.6 is 11.8 Å². The maximum atomic E-state index is 13.1. The zero-order chi connectivity index (χ0) is 12.3. The van der Waals surface area contributed by atoms with Gasteiger partial charge in [0.1, 0.15) is 12.3 Å². The van der Waals surface area contributed by atoms with Crippen molar-refractivity contribution < 1.29 is 9.50 Å². The molecule has 0 saturated carbocycles. The van der Waals surface area contributed by atoms with Crippen LogP contribution in [0.1, 0.15) is 18.1 Å². The Morgan fingerprint density at radius 1 is 1.53 bits per heavy atom. The van der Waals surface area contributed by atoms with E-state index >= 15 is 0 Å². The van der Waals surface area contributed by atoms with Crippen molar-refractivity contribution in [2.75, 3.05) is 25.5 Å². The minimum absolute atomic E-state index is 0.253. The molecule has 94 valence electrons. The molecule has 2 nitrogen and oxygen atoms in total. The average Bonchev–Trinajstić information content (AvgIpc) is 2.83. The number of benzene rings is 1. The quantitative estimate of drug-likeness (QED) is 0.845. The first kappa shape index (κ1) is 12.9. The lowest BCUT2D eigenvalue weighted by Crippen LogP contribution is -2.40. The molecule has 4 heteroatoms. The smallest absolute Gasteiger partial charge is 0.130 e. The molecule has 1 heterocycles. The zero-order valence-electron chi connectivity index (χ0n) is 10.0. The maximum absolute atomic E-state index is 13.1. The van der Waals surface area contributed by atoms with Crippen LogP contribution < -0.4 is 5.32 Å². The van der Waals surface area contributed by atoms with E-state index in [0.29, 0.717) is 5.56 Å². The van der Waals surface area contributed by atoms with Crippen molar-refractivity contribution in [3.05, 3.63) is 29.3 Å². The van der Waals surface area contributed by atoms with E-state index in [-0.39, 0.29) is 6.54 Å². The highest BCUT2D eigenvalue weighted by molar-refractivity contribution is 7.99. The number of alkyl halides is 1. The fourth-order valence-electron chi connectivity index (χ4n) is 2.01. The molecule has 0 aromatic heterocycles. The normalized spacial score (nSPS) is 17.8. The van der Waals surface area contributed by atoms with Crippen LogP contribution in [0.2, 0.25) is 0 Å². The second kappa shape index (κ2) is 5.38. The van der Waals surface area contributed by atoms with Crippen LogP contribution in [0.15, 0.2) is 23.1 Å². The van der Waals surface area contributed by atoms with Crippen LogP contribution in [0.4, 0.5) is 4.39 Å². The molecule has 1 aromatic rings. The maximum Gasteiger partial charge on any atom is 0.130 e. The van der Waals surface area contributed by atoms with Crippen molar-refractivity contribution in [2.45, 2.75) is 23.8 Å². The molecule has 0 saturated heterocycles. The number of rotatable bonds is 5. The lowest BCUT2D eigenvalue weighted by Gasteiger charge is -2.26. The van der Waals surface area contributed by atoms with Gasteiger partial charge in [-0.3, -0.25) is 0 Å². The van der Waals surface area contributed by atoms with Gasteiger partial charge in [0.2, 0.25) is 0 Å². The van der Waals surface area contributed by atoms with Gasteiger partial charge in [-0.1, -0.05) is 19.1 Å². The Labute approximate surface area is 106 Å². The minimum Gasteiger partial charge on any atom is -0.381 e. The highest BCUT2D eigenvalue weighted by atomic mass is 32.2. The van der Waals surface area contributed by atoms with E-state index in [9.17, 15) is 9.50 Å². The van der Waals surface area contributed by atoms with Gasteiger partial charge in [0.05, 0.1) is 0 Å². The first-order valence-electron chi connectivity index (χ1n) is 5.95. The highest BCUT2D eigenvalue weighted by Gasteiger charge is 2.30. The summed E-state index contributed by atoms with van der Waals surface area (Å²) >= 11 is 1.78. The summed E-state index contributed by atoms with van der Waals surface area (Å²) in [5, 5.41) is 13.3. The molecule has 1 atom stereocenters. The van der Waals surface area contributed by atoms with Crippen LogP contribution in [-0.4, -0.2) is 30.6 Å². The molecule has 0 amide bonds. The number of aliphatic hydroxyl groups is 1. The Kier molecular flexibility index (Phi) is 4.07. The summed E-state index contributed by atoms with van der Waals surface area (Å²) in [5.74, 6) is 1.08. The van der Waals surface area contributed by atoms with Gasteiger partial charge in [-0.25, -0.2) is 4.39 Å². The summed E-state index contributed by atoms with van der Waals surface area (Å²) in [6, 6.07) is 5.79. The van der Waals surface area contributed by atoms with E-state index in [4.69, 9.17) is 0 Å². The molecule has 0 fully saturated rings. The van der Waals surface area contributed by atoms with Crippen LogP contribution in [0.25, 0.3) is 0 Å². The molecule has 2 N–H and O–H groups in total. The van der Waals surface area contributed by atoms with Crippen LogP contribution in [0, 0.1) is 0 Å². The molecular weight excluding hydrogens is 237 g/mol. The fraction of sp³-hybridized carbons (Fsp3) is 0.538. The predicted octanol–water partition coefficient (Wildman–Crippen LogP) is 2.10. The van der Waals surface area contributed by atoms with Crippen molar-refractivity contribution in [1.29, 1.82) is 0 Å². The van der Waals surface area contributed by atoms with E-state index in [0.717, 1.165) is 18.7 Å². The summed E-state index contributed by atoms with van der Waals surface area (Å²) in [6.45, 7) is 2.16. The third-order valence-corrected chi connectivity index (χ3v) is 4.22. The van der Waals surface area contributed by atoms with Crippen LogP contribution in [0.3, 0.4) is 0 Å². The van der Waals surface area contributed by atoms with Gasteiger partial charge < -0.3 is 10.4 Å². The van der Waals surface area contributed by atoms with E-state index in [1.54, 1.807) is 11.8 Å². The van der Waals surface area contributed by atoms with Crippen LogP contribution in [-0.2, 0) is 12.0 Å². The summed E-state index contributed by atoms with van der Waals surface area (Å²) in [4.78, 5) is 1.19. The van der Waals surface area contributed by atoms with Crippen molar-refractivity contribution in [3.63, 3.8) is 0 Å². The summed E-state index contributed by atoms with van der Waals surface area (Å²) in [7, 11) is 0. The Balaban J connectivity index is 2.24. The third-order valence-electron chi connectivity index (χ3n) is 3.12. The minimum atomic E-state index is -1.39. The number of aryl methyl sites for hydroxylation is 1. The topological polar surface area (TPSA) is 32.3 Å². The lowest BCUT2D eigenvalue weighted by atomic mass is 9.94. The molecule has 1 aliphatic heterocycles. The van der Waals surface area contributed by atoms with E-state index < -0.39 is 12.3 Å². The lowest BCUT2D eigenvalue weighted by molar-refractivity contribution is 0.0119. The first-order valence-corrected chi connectivity index (χ1v) is 6.93. The summed E-state index contributed by atoms with van der Waals surface area (Å²) in [6.07, 6.45) is 1.07. The SMILES string of the molecule is CCNCC(O)(CF)c1ccc2c(c1)SCC2. The molecular formula is C13H18FNOS.